The van der Waals surface area contributed by atoms with E-state index in [1.165, 1.54) is 31.3 Å². The maximum Gasteiger partial charge on any atom is 0.266 e. The van der Waals surface area contributed by atoms with Crippen LogP contribution in [0.5, 0.6) is 0 Å². The van der Waals surface area contributed by atoms with Crippen molar-refractivity contribution >= 4 is 0 Å². The molecule has 0 radical (unpaired) electrons. The Hall–Kier alpha value is -1.08. The molecule has 3 aliphatic carbocycles. The molecule has 0 aromatic rings. The smallest absolute Gasteiger partial charge is 0.266 e. The Morgan fingerprint density at radius 3 is 2.49 bits per heavy atom. The van der Waals surface area contributed by atoms with Crippen LogP contribution in [0, 0.1) is 29.1 Å². The topological polar surface area (TPSA) is 63.9 Å². The Balaban J connectivity index is 1.42. The van der Waals surface area contributed by atoms with Crippen LogP contribution in [0.3, 0.4) is 0 Å². The fourth-order valence-electron chi connectivity index (χ4n) is 7.73. The molecule has 0 amide bonds. The molecular weight excluding hydrogens is 448 g/mol. The minimum Gasteiger partial charge on any atom is -0.392 e. The van der Waals surface area contributed by atoms with Crippen LogP contribution in [0.4, 0.5) is 8.78 Å². The number of allylic oxidation sites excluding steroid dienone is 3. The summed E-state index contributed by atoms with van der Waals surface area (Å²) in [6, 6.07) is 0. The zero-order chi connectivity index (χ0) is 25.5. The van der Waals surface area contributed by atoms with Gasteiger partial charge in [-0.25, -0.2) is 8.78 Å². The van der Waals surface area contributed by atoms with Gasteiger partial charge in [0.1, 0.15) is 5.60 Å². The van der Waals surface area contributed by atoms with Crippen LogP contribution < -0.4 is 0 Å². The van der Waals surface area contributed by atoms with Crippen molar-refractivity contribution in [1.82, 2.24) is 4.90 Å². The first kappa shape index (κ1) is 27.0. The molecule has 4 rings (SSSR count). The highest BCUT2D eigenvalue weighted by molar-refractivity contribution is 5.39. The molecule has 0 spiro atoms. The highest BCUT2D eigenvalue weighted by Crippen LogP contribution is 2.59. The summed E-state index contributed by atoms with van der Waals surface area (Å²) in [4.78, 5) is 2.27. The lowest BCUT2D eigenvalue weighted by molar-refractivity contribution is -0.128. The van der Waals surface area contributed by atoms with Gasteiger partial charge in [-0.05, 0) is 85.7 Å². The number of fused-ring (bicyclic) bond motifs is 1. The third kappa shape index (κ3) is 5.18. The molecule has 0 bridgehead atoms. The number of nitrogens with zero attached hydrogens (tertiary/aromatic N) is 1. The molecule has 1 heterocycles. The average Bonchev–Trinajstić information content (AvgIpc) is 3.18. The predicted octanol–water partition coefficient (Wildman–Crippen LogP) is 5.10. The Morgan fingerprint density at radius 1 is 1.14 bits per heavy atom. The minimum absolute atomic E-state index is 0.150. The van der Waals surface area contributed by atoms with Crippen molar-refractivity contribution in [2.75, 3.05) is 19.6 Å². The number of halogens is 2. The van der Waals surface area contributed by atoms with E-state index in [4.69, 9.17) is 0 Å². The summed E-state index contributed by atoms with van der Waals surface area (Å²) in [6.07, 6.45) is 7.12. The number of aliphatic hydroxyl groups excluding tert-OH is 2. The number of aliphatic hydroxyl groups is 3. The van der Waals surface area contributed by atoms with E-state index in [-0.39, 0.29) is 24.2 Å². The second kappa shape index (κ2) is 10.4. The maximum absolute atomic E-state index is 13.2. The van der Waals surface area contributed by atoms with E-state index in [1.54, 1.807) is 0 Å². The van der Waals surface area contributed by atoms with Crippen LogP contribution in [-0.2, 0) is 0 Å². The molecule has 0 aromatic carbocycles. The van der Waals surface area contributed by atoms with Crippen LogP contribution in [0.25, 0.3) is 0 Å². The molecule has 0 unspecified atom stereocenters. The summed E-state index contributed by atoms with van der Waals surface area (Å²) in [5.41, 5.74) is 1.60. The Morgan fingerprint density at radius 2 is 1.83 bits per heavy atom. The number of hydrogen-bond donors (Lipinski definition) is 3. The van der Waals surface area contributed by atoms with Crippen molar-refractivity contribution in [1.29, 1.82) is 0 Å². The number of piperidine rings is 1. The third-order valence-corrected chi connectivity index (χ3v) is 10.2. The normalized spacial score (nSPS) is 41.5. The Kier molecular flexibility index (Phi) is 7.98. The SMILES string of the molecule is C=C1/C(=C\C=C2/CCC[C@]3(C)[C@@H]([C@@H](C)CN4CCC(O)(C(F)F)CC4)CC[C@@H]23)C[C@@H](O)[C@H](C)[C@@H]1O. The monoisotopic (exact) mass is 493 g/mol. The van der Waals surface area contributed by atoms with Gasteiger partial charge in [0.25, 0.3) is 6.43 Å². The maximum atomic E-state index is 13.2. The molecular formula is C29H45F2NO3. The van der Waals surface area contributed by atoms with Crippen LogP contribution >= 0.6 is 0 Å². The fourth-order valence-corrected chi connectivity index (χ4v) is 7.73. The lowest BCUT2D eigenvalue weighted by Crippen LogP contribution is -2.50. The van der Waals surface area contributed by atoms with E-state index in [9.17, 15) is 24.1 Å². The number of rotatable bonds is 5. The third-order valence-electron chi connectivity index (χ3n) is 10.2. The van der Waals surface area contributed by atoms with E-state index in [0.29, 0.717) is 37.3 Å². The van der Waals surface area contributed by atoms with Crippen LogP contribution in [0.2, 0.25) is 0 Å². The first-order valence-corrected chi connectivity index (χ1v) is 13.6. The molecule has 1 aliphatic heterocycles. The molecule has 0 aromatic heterocycles. The van der Waals surface area contributed by atoms with E-state index < -0.39 is 24.2 Å². The summed E-state index contributed by atoms with van der Waals surface area (Å²) >= 11 is 0. The molecule has 6 heteroatoms. The first-order chi connectivity index (χ1) is 16.5. The number of likely N-dealkylation sites (tertiary alicyclic amines) is 1. The molecule has 3 saturated carbocycles. The van der Waals surface area contributed by atoms with Crippen molar-refractivity contribution in [3.05, 3.63) is 35.5 Å². The zero-order valence-corrected chi connectivity index (χ0v) is 21.7. The molecule has 4 fully saturated rings. The lowest BCUT2D eigenvalue weighted by atomic mass is 9.61. The van der Waals surface area contributed by atoms with Gasteiger partial charge in [0.15, 0.2) is 0 Å². The fraction of sp³-hybridized carbons (Fsp3) is 0.793. The van der Waals surface area contributed by atoms with Gasteiger partial charge < -0.3 is 20.2 Å². The molecule has 7 atom stereocenters. The van der Waals surface area contributed by atoms with Crippen molar-refractivity contribution in [3.8, 4) is 0 Å². The summed E-state index contributed by atoms with van der Waals surface area (Å²) < 4.78 is 26.3. The summed E-state index contributed by atoms with van der Waals surface area (Å²) in [7, 11) is 0. The summed E-state index contributed by atoms with van der Waals surface area (Å²) in [5.74, 6) is 1.42. The van der Waals surface area contributed by atoms with Gasteiger partial charge in [-0.2, -0.15) is 0 Å². The number of alkyl halides is 2. The van der Waals surface area contributed by atoms with Crippen LogP contribution in [0.1, 0.15) is 72.1 Å². The van der Waals surface area contributed by atoms with Gasteiger partial charge in [-0.15, -0.1) is 0 Å². The largest absolute Gasteiger partial charge is 0.392 e. The van der Waals surface area contributed by atoms with Gasteiger partial charge in [-0.3, -0.25) is 0 Å². The average molecular weight is 494 g/mol. The van der Waals surface area contributed by atoms with Gasteiger partial charge >= 0.3 is 0 Å². The molecule has 3 N–H and O–H groups in total. The second-order valence-electron chi connectivity index (χ2n) is 12.3. The van der Waals surface area contributed by atoms with Crippen LogP contribution in [0.15, 0.2) is 35.5 Å². The van der Waals surface area contributed by atoms with Gasteiger partial charge in [-0.1, -0.05) is 45.1 Å². The van der Waals surface area contributed by atoms with E-state index in [2.05, 4.69) is 37.5 Å². The van der Waals surface area contributed by atoms with Crippen LogP contribution in [-0.4, -0.2) is 64.1 Å². The zero-order valence-electron chi connectivity index (χ0n) is 21.7. The van der Waals surface area contributed by atoms with E-state index in [1.807, 2.05) is 6.92 Å². The molecule has 1 saturated heterocycles. The van der Waals surface area contributed by atoms with E-state index >= 15 is 0 Å². The van der Waals surface area contributed by atoms with Crippen molar-refractivity contribution < 1.29 is 24.1 Å². The quantitative estimate of drug-likeness (QED) is 0.499. The van der Waals surface area contributed by atoms with Gasteiger partial charge in [0.05, 0.1) is 12.2 Å². The minimum atomic E-state index is -2.67. The molecule has 4 aliphatic rings. The van der Waals surface area contributed by atoms with Gasteiger partial charge in [0, 0.05) is 25.6 Å². The number of hydrogen-bond acceptors (Lipinski definition) is 4. The highest BCUT2D eigenvalue weighted by atomic mass is 19.3. The Bertz CT molecular complexity index is 847. The highest BCUT2D eigenvalue weighted by Gasteiger charge is 2.51. The Labute approximate surface area is 209 Å². The predicted molar refractivity (Wildman–Crippen MR) is 135 cm³/mol. The molecule has 198 valence electrons. The first-order valence-electron chi connectivity index (χ1n) is 13.6. The van der Waals surface area contributed by atoms with E-state index in [0.717, 1.165) is 24.1 Å². The lowest BCUT2D eigenvalue weighted by Gasteiger charge is -2.46. The van der Waals surface area contributed by atoms with Crippen molar-refractivity contribution in [3.63, 3.8) is 0 Å². The molecule has 35 heavy (non-hydrogen) atoms. The van der Waals surface area contributed by atoms with Crippen molar-refractivity contribution in [2.24, 2.45) is 29.1 Å². The van der Waals surface area contributed by atoms with Gasteiger partial charge in [0.2, 0.25) is 0 Å². The summed E-state index contributed by atoms with van der Waals surface area (Å²) in [5, 5.41) is 30.9. The summed E-state index contributed by atoms with van der Waals surface area (Å²) in [6.45, 7) is 12.7. The standard InChI is InChI=1S/C29H45F2NO3/c1-18(17-32-14-12-29(35,13-15-32)27(30)31)23-9-10-24-21(6-5-11-28(23,24)4)7-8-22-16-25(33)20(3)26(34)19(22)2/h7-8,18,20,23-27,33-35H,2,5-6,9-17H2,1,3-4H3/b21-7+,22-8-/t18-,20-,23+,24-,25+,26+,28+/m0/s1. The second-order valence-corrected chi connectivity index (χ2v) is 12.3. The van der Waals surface area contributed by atoms with Crippen molar-refractivity contribution in [2.45, 2.75) is 96.4 Å². The molecule has 4 nitrogen and oxygen atoms in total.